The number of hydrogen-bond acceptors (Lipinski definition) is 6. The summed E-state index contributed by atoms with van der Waals surface area (Å²) in [6.07, 6.45) is -0.650. The molecule has 0 bridgehead atoms. The van der Waals surface area contributed by atoms with Gasteiger partial charge in [0.2, 0.25) is 0 Å². The number of hydrogen-bond donors (Lipinski definition) is 1. The molecule has 11 heteroatoms. The van der Waals surface area contributed by atoms with E-state index in [1.807, 2.05) is 59.3 Å². The van der Waals surface area contributed by atoms with E-state index in [0.717, 1.165) is 44.1 Å². The molecular formula is C39H37F3N4O3S. The van der Waals surface area contributed by atoms with Gasteiger partial charge in [0.15, 0.2) is 0 Å². The highest BCUT2D eigenvalue weighted by Crippen LogP contribution is 2.43. The molecule has 4 heterocycles. The molecule has 6 aromatic rings. The number of para-hydroxylation sites is 1. The Morgan fingerprint density at radius 1 is 0.900 bits per heavy atom. The van der Waals surface area contributed by atoms with Crippen LogP contribution in [0.2, 0.25) is 0 Å². The van der Waals surface area contributed by atoms with Crippen molar-refractivity contribution in [1.29, 1.82) is 0 Å². The average Bonchev–Trinajstić information content (AvgIpc) is 3.39. The topological polar surface area (TPSA) is 90.1 Å². The van der Waals surface area contributed by atoms with Crippen LogP contribution in [0.1, 0.15) is 57.1 Å². The SMILES string of the molecule is CC(C)(C)Sc1cn(Cc2ccc(-c3cccc(C(F)(F)F)n3)cc2)c2ncc(OCc3ccc4ccccc4n3)c(CC(C)(C)C(=O)O)c12. The number of benzene rings is 2. The van der Waals surface area contributed by atoms with Crippen LogP contribution in [0.25, 0.3) is 33.2 Å². The molecule has 0 spiro atoms. The second-order valence-electron chi connectivity index (χ2n) is 13.9. The summed E-state index contributed by atoms with van der Waals surface area (Å²) in [6.45, 7) is 10.3. The van der Waals surface area contributed by atoms with Crippen LogP contribution in [0.15, 0.2) is 96.2 Å². The van der Waals surface area contributed by atoms with Crippen molar-refractivity contribution in [3.63, 3.8) is 0 Å². The monoisotopic (exact) mass is 698 g/mol. The van der Waals surface area contributed by atoms with E-state index in [2.05, 4.69) is 25.8 Å². The fraction of sp³-hybridized carbons (Fsp3) is 0.282. The van der Waals surface area contributed by atoms with E-state index < -0.39 is 23.3 Å². The minimum Gasteiger partial charge on any atom is -0.485 e. The number of thioether (sulfide) groups is 1. The molecule has 1 N–H and O–H groups in total. The van der Waals surface area contributed by atoms with Gasteiger partial charge in [-0.25, -0.2) is 15.0 Å². The molecule has 258 valence electrons. The molecule has 50 heavy (non-hydrogen) atoms. The van der Waals surface area contributed by atoms with Crippen molar-refractivity contribution in [3.05, 3.63) is 114 Å². The van der Waals surface area contributed by atoms with Crippen LogP contribution in [0.3, 0.4) is 0 Å². The maximum atomic E-state index is 13.3. The van der Waals surface area contributed by atoms with E-state index in [9.17, 15) is 23.1 Å². The summed E-state index contributed by atoms with van der Waals surface area (Å²) < 4.78 is 48.0. The molecule has 4 aromatic heterocycles. The number of rotatable bonds is 10. The molecule has 7 nitrogen and oxygen atoms in total. The highest BCUT2D eigenvalue weighted by atomic mass is 32.2. The first-order chi connectivity index (χ1) is 23.6. The lowest BCUT2D eigenvalue weighted by Gasteiger charge is -2.23. The number of halogens is 3. The Labute approximate surface area is 292 Å². The van der Waals surface area contributed by atoms with Gasteiger partial charge in [-0.1, -0.05) is 75.4 Å². The number of carbonyl (C=O) groups is 1. The van der Waals surface area contributed by atoms with Gasteiger partial charge in [0.05, 0.1) is 28.5 Å². The third kappa shape index (κ3) is 7.78. The summed E-state index contributed by atoms with van der Waals surface area (Å²) in [4.78, 5) is 26.8. The predicted octanol–water partition coefficient (Wildman–Crippen LogP) is 9.84. The number of fused-ring (bicyclic) bond motifs is 2. The number of pyridine rings is 3. The fourth-order valence-corrected chi connectivity index (χ4v) is 6.84. The van der Waals surface area contributed by atoms with Crippen molar-refractivity contribution in [2.24, 2.45) is 5.41 Å². The maximum absolute atomic E-state index is 13.3. The van der Waals surface area contributed by atoms with Crippen LogP contribution < -0.4 is 4.74 Å². The molecule has 0 unspecified atom stereocenters. The largest absolute Gasteiger partial charge is 0.485 e. The molecule has 0 fully saturated rings. The Bertz CT molecular complexity index is 2190. The summed E-state index contributed by atoms with van der Waals surface area (Å²) >= 11 is 1.66. The quantitative estimate of drug-likeness (QED) is 0.143. The van der Waals surface area contributed by atoms with Crippen LogP contribution in [0, 0.1) is 5.41 Å². The minimum atomic E-state index is -4.53. The first-order valence-corrected chi connectivity index (χ1v) is 16.9. The van der Waals surface area contributed by atoms with Gasteiger partial charge >= 0.3 is 12.1 Å². The van der Waals surface area contributed by atoms with Crippen molar-refractivity contribution in [3.8, 4) is 17.0 Å². The number of aromatic nitrogens is 4. The summed E-state index contributed by atoms with van der Waals surface area (Å²) in [7, 11) is 0. The highest BCUT2D eigenvalue weighted by molar-refractivity contribution is 8.00. The lowest BCUT2D eigenvalue weighted by atomic mass is 9.85. The number of carboxylic acids is 1. The van der Waals surface area contributed by atoms with Crippen molar-refractivity contribution in [2.75, 3.05) is 0 Å². The Balaban J connectivity index is 1.39. The summed E-state index contributed by atoms with van der Waals surface area (Å²) in [6, 6.07) is 22.9. The molecule has 0 radical (unpaired) electrons. The van der Waals surface area contributed by atoms with E-state index in [0.29, 0.717) is 23.5 Å². The van der Waals surface area contributed by atoms with Gasteiger partial charge in [-0.3, -0.25) is 4.79 Å². The predicted molar refractivity (Wildman–Crippen MR) is 190 cm³/mol. The smallest absolute Gasteiger partial charge is 0.433 e. The number of nitrogens with zero attached hydrogens (tertiary/aromatic N) is 4. The molecule has 0 saturated heterocycles. The summed E-state index contributed by atoms with van der Waals surface area (Å²) in [5.74, 6) is -0.433. The summed E-state index contributed by atoms with van der Waals surface area (Å²) in [5.41, 5.74) is 2.68. The second-order valence-corrected chi connectivity index (χ2v) is 15.8. The Morgan fingerprint density at radius 3 is 2.34 bits per heavy atom. The van der Waals surface area contributed by atoms with Gasteiger partial charge in [-0.2, -0.15) is 13.2 Å². The van der Waals surface area contributed by atoms with Gasteiger partial charge < -0.3 is 14.4 Å². The molecule has 2 aromatic carbocycles. The number of aliphatic carboxylic acids is 1. The number of alkyl halides is 3. The van der Waals surface area contributed by atoms with Gasteiger partial charge in [0, 0.05) is 44.3 Å². The Hall–Kier alpha value is -4.90. The average molecular weight is 699 g/mol. The van der Waals surface area contributed by atoms with E-state index >= 15 is 0 Å². The highest BCUT2D eigenvalue weighted by Gasteiger charge is 2.33. The van der Waals surface area contributed by atoms with E-state index in [1.54, 1.807) is 50.0 Å². The molecule has 6 rings (SSSR count). The van der Waals surface area contributed by atoms with Gasteiger partial charge in [0.1, 0.15) is 23.7 Å². The van der Waals surface area contributed by atoms with E-state index in [4.69, 9.17) is 14.7 Å². The van der Waals surface area contributed by atoms with Gasteiger partial charge in [-0.05, 0) is 50.1 Å². The van der Waals surface area contributed by atoms with Crippen molar-refractivity contribution >= 4 is 39.7 Å². The lowest BCUT2D eigenvalue weighted by Crippen LogP contribution is -2.26. The minimum absolute atomic E-state index is 0.175. The standard InChI is InChI=1S/C39H37F3N4O3S/c1-37(2,3)50-32-22-46(21-24-13-15-26(16-14-24)30-11-8-12-33(45-30)39(40,41)42)35-34(32)28(19-38(4,5)36(47)48)31(20-43-35)49-23-27-18-17-25-9-6-7-10-29(25)44-27/h6-18,20,22H,19,21,23H2,1-5H3,(H,47,48). The van der Waals surface area contributed by atoms with E-state index in [1.165, 1.54) is 6.07 Å². The fourth-order valence-electron chi connectivity index (χ4n) is 5.68. The van der Waals surface area contributed by atoms with Gasteiger partial charge in [0.25, 0.3) is 0 Å². The molecule has 0 aliphatic heterocycles. The zero-order chi connectivity index (χ0) is 35.8. The molecule has 0 amide bonds. The number of carboxylic acid groups (broad SMARTS) is 1. The Morgan fingerprint density at radius 2 is 1.64 bits per heavy atom. The first kappa shape index (κ1) is 34.9. The summed E-state index contributed by atoms with van der Waals surface area (Å²) in [5, 5.41) is 12.0. The van der Waals surface area contributed by atoms with Crippen LogP contribution >= 0.6 is 11.8 Å². The first-order valence-electron chi connectivity index (χ1n) is 16.1. The van der Waals surface area contributed by atoms with Crippen LogP contribution in [0.5, 0.6) is 5.75 Å². The zero-order valence-electron chi connectivity index (χ0n) is 28.4. The van der Waals surface area contributed by atoms with E-state index in [-0.39, 0.29) is 23.5 Å². The molecule has 0 aliphatic carbocycles. The zero-order valence-corrected chi connectivity index (χ0v) is 29.2. The molecule has 0 atom stereocenters. The lowest BCUT2D eigenvalue weighted by molar-refractivity contribution is -0.146. The third-order valence-corrected chi connectivity index (χ3v) is 9.35. The van der Waals surface area contributed by atoms with Crippen LogP contribution in [-0.4, -0.2) is 35.3 Å². The van der Waals surface area contributed by atoms with Crippen LogP contribution in [0.4, 0.5) is 13.2 Å². The third-order valence-electron chi connectivity index (χ3n) is 8.21. The number of ether oxygens (including phenoxy) is 1. The molecule has 0 saturated carbocycles. The molecular weight excluding hydrogens is 662 g/mol. The van der Waals surface area contributed by atoms with Crippen molar-refractivity contribution in [2.45, 2.75) is 70.0 Å². The van der Waals surface area contributed by atoms with Crippen LogP contribution in [-0.2, 0) is 30.5 Å². The van der Waals surface area contributed by atoms with Crippen molar-refractivity contribution in [1.82, 2.24) is 19.5 Å². The normalized spacial score (nSPS) is 12.5. The second kappa shape index (κ2) is 13.4. The van der Waals surface area contributed by atoms with Gasteiger partial charge in [-0.15, -0.1) is 11.8 Å². The maximum Gasteiger partial charge on any atom is 0.433 e. The Kier molecular flexibility index (Phi) is 9.39. The van der Waals surface area contributed by atoms with Crippen molar-refractivity contribution < 1.29 is 27.8 Å². The molecule has 0 aliphatic rings.